The number of nitrogens with one attached hydrogen (secondary N) is 1. The minimum absolute atomic E-state index is 0.0338. The molecular weight excluding hydrogens is 377 g/mol. The predicted molar refractivity (Wildman–Crippen MR) is 95.1 cm³/mol. The van der Waals surface area contributed by atoms with Gasteiger partial charge in [-0.15, -0.1) is 5.10 Å². The predicted octanol–water partition coefficient (Wildman–Crippen LogP) is 2.85. The number of likely N-dealkylation sites (tertiary alicyclic amines) is 1. The van der Waals surface area contributed by atoms with E-state index in [1.54, 1.807) is 0 Å². The monoisotopic (exact) mass is 397 g/mol. The minimum Gasteiger partial charge on any atom is -0.492 e. The molecule has 1 fully saturated rings. The molecule has 3 heterocycles. The summed E-state index contributed by atoms with van der Waals surface area (Å²) >= 11 is 1.36. The zero-order valence-corrected chi connectivity index (χ0v) is 15.6. The summed E-state index contributed by atoms with van der Waals surface area (Å²) in [6.45, 7) is 3.77. The number of aromatic nitrogens is 3. The number of halogens is 3. The van der Waals surface area contributed by atoms with E-state index in [1.165, 1.54) is 32.9 Å². The number of aryl methyl sites for hydroxylation is 1. The van der Waals surface area contributed by atoms with Crippen LogP contribution < -0.4 is 4.90 Å². The van der Waals surface area contributed by atoms with Gasteiger partial charge < -0.3 is 10.0 Å². The van der Waals surface area contributed by atoms with Crippen molar-refractivity contribution in [1.29, 1.82) is 0 Å². The lowest BCUT2D eigenvalue weighted by Crippen LogP contribution is -3.10. The lowest BCUT2D eigenvalue weighted by atomic mass is 10.0. The van der Waals surface area contributed by atoms with E-state index in [-0.39, 0.29) is 11.9 Å². The van der Waals surface area contributed by atoms with Gasteiger partial charge in [-0.05, 0) is 12.1 Å². The van der Waals surface area contributed by atoms with Gasteiger partial charge in [-0.1, -0.05) is 30.4 Å². The number of quaternary nitrogens is 1. The minimum atomic E-state index is -4.36. The first kappa shape index (κ1) is 18.2. The molecule has 27 heavy (non-hydrogen) atoms. The molecule has 1 aliphatic heterocycles. The fraction of sp³-hybridized carbons (Fsp3) is 0.444. The van der Waals surface area contributed by atoms with Crippen molar-refractivity contribution in [2.24, 2.45) is 0 Å². The maximum absolute atomic E-state index is 12.9. The summed E-state index contributed by atoms with van der Waals surface area (Å²) in [5.74, 6) is 0.689. The number of hydrogen-bond acceptors (Lipinski definition) is 4. The van der Waals surface area contributed by atoms with Crippen molar-refractivity contribution in [1.82, 2.24) is 14.6 Å². The van der Waals surface area contributed by atoms with Crippen molar-refractivity contribution < 1.29 is 23.2 Å². The van der Waals surface area contributed by atoms with Crippen LogP contribution in [-0.2, 0) is 12.6 Å². The lowest BCUT2D eigenvalue weighted by molar-refractivity contribution is -0.913. The molecule has 0 radical (unpaired) electrons. The van der Waals surface area contributed by atoms with E-state index in [2.05, 4.69) is 10.1 Å². The highest BCUT2D eigenvalue weighted by molar-refractivity contribution is 7.17. The second kappa shape index (κ2) is 6.79. The molecule has 0 aliphatic carbocycles. The lowest BCUT2D eigenvalue weighted by Gasteiger charge is -2.24. The van der Waals surface area contributed by atoms with Gasteiger partial charge in [0.1, 0.15) is 4.88 Å². The molecule has 1 saturated heterocycles. The summed E-state index contributed by atoms with van der Waals surface area (Å²) in [6.07, 6.45) is -1.56. The molecule has 144 valence electrons. The van der Waals surface area contributed by atoms with Gasteiger partial charge in [-0.3, -0.25) is 0 Å². The molecule has 0 amide bonds. The molecule has 1 aromatic carbocycles. The Kier molecular flexibility index (Phi) is 4.59. The third-order valence-electron chi connectivity index (χ3n) is 5.05. The molecule has 4 rings (SSSR count). The summed E-state index contributed by atoms with van der Waals surface area (Å²) in [6, 6.07) is 5.03. The molecule has 3 aromatic rings. The first-order valence-corrected chi connectivity index (χ1v) is 9.79. The van der Waals surface area contributed by atoms with Crippen LogP contribution >= 0.6 is 11.3 Å². The molecule has 0 spiro atoms. The highest BCUT2D eigenvalue weighted by Gasteiger charge is 2.36. The van der Waals surface area contributed by atoms with Crippen molar-refractivity contribution in [2.45, 2.75) is 38.4 Å². The summed E-state index contributed by atoms with van der Waals surface area (Å²) in [7, 11) is 0. The van der Waals surface area contributed by atoms with Crippen LogP contribution in [0, 0.1) is 0 Å². The molecule has 1 aliphatic rings. The Morgan fingerprint density at radius 1 is 1.22 bits per heavy atom. The van der Waals surface area contributed by atoms with Crippen molar-refractivity contribution >= 4 is 16.3 Å². The summed E-state index contributed by atoms with van der Waals surface area (Å²) in [4.78, 5) is 6.96. The van der Waals surface area contributed by atoms with Crippen LogP contribution in [0.4, 0.5) is 13.2 Å². The van der Waals surface area contributed by atoms with Gasteiger partial charge in [-0.25, -0.2) is 4.98 Å². The third-order valence-corrected chi connectivity index (χ3v) is 6.13. The maximum Gasteiger partial charge on any atom is 0.416 e. The molecule has 0 saturated carbocycles. The largest absolute Gasteiger partial charge is 0.492 e. The molecule has 2 N–H and O–H groups in total. The number of aromatic hydroxyl groups is 1. The molecule has 0 bridgehead atoms. The van der Waals surface area contributed by atoms with Gasteiger partial charge in [-0.2, -0.15) is 17.7 Å². The standard InChI is InChI=1S/C18H19F3N4OS/c1-2-13-22-17-25(23-13)16(26)15(27-17)14(24-9-3-4-10-24)11-5-7-12(8-6-11)18(19,20)21/h5-8,14,26H,2-4,9-10H2,1H3/p+1/t14-/m1/s1. The second-order valence-electron chi connectivity index (χ2n) is 6.78. The number of thiazole rings is 1. The van der Waals surface area contributed by atoms with Crippen molar-refractivity contribution in [3.05, 3.63) is 46.1 Å². The number of rotatable bonds is 4. The third kappa shape index (κ3) is 3.29. The van der Waals surface area contributed by atoms with Gasteiger partial charge in [0.05, 0.1) is 18.7 Å². The van der Waals surface area contributed by atoms with Crippen LogP contribution in [0.2, 0.25) is 0 Å². The molecule has 0 unspecified atom stereocenters. The summed E-state index contributed by atoms with van der Waals surface area (Å²) in [5.41, 5.74) is 0.0938. The average Bonchev–Trinajstić information content (AvgIpc) is 3.35. The highest BCUT2D eigenvalue weighted by Crippen LogP contribution is 2.36. The first-order valence-electron chi connectivity index (χ1n) is 8.97. The fourth-order valence-corrected chi connectivity index (χ4v) is 4.84. The van der Waals surface area contributed by atoms with Crippen LogP contribution in [0.25, 0.3) is 4.96 Å². The second-order valence-corrected chi connectivity index (χ2v) is 7.79. The van der Waals surface area contributed by atoms with E-state index in [9.17, 15) is 18.3 Å². The number of fused-ring (bicyclic) bond motifs is 1. The first-order chi connectivity index (χ1) is 12.9. The Bertz CT molecular complexity index is 942. The molecular formula is C18H20F3N4OS+. The SMILES string of the molecule is CCc1nc2sc([C@@H](c3ccc(C(F)(F)F)cc3)[NH+]3CCCC3)c(O)n2n1. The van der Waals surface area contributed by atoms with E-state index in [1.807, 2.05) is 6.92 Å². The van der Waals surface area contributed by atoms with Crippen LogP contribution in [0.1, 0.15) is 47.6 Å². The van der Waals surface area contributed by atoms with Gasteiger partial charge in [0.15, 0.2) is 11.9 Å². The zero-order valence-electron chi connectivity index (χ0n) is 14.8. The van der Waals surface area contributed by atoms with E-state index in [4.69, 9.17) is 0 Å². The smallest absolute Gasteiger partial charge is 0.416 e. The number of alkyl halides is 3. The zero-order chi connectivity index (χ0) is 19.2. The molecule has 1 atom stereocenters. The molecule has 2 aromatic heterocycles. The molecule has 5 nitrogen and oxygen atoms in total. The number of benzene rings is 1. The van der Waals surface area contributed by atoms with Gasteiger partial charge in [0, 0.05) is 24.8 Å². The Morgan fingerprint density at radius 2 is 1.89 bits per heavy atom. The van der Waals surface area contributed by atoms with Crippen LogP contribution in [0.15, 0.2) is 24.3 Å². The Balaban J connectivity index is 1.78. The fourth-order valence-electron chi connectivity index (χ4n) is 3.68. The van der Waals surface area contributed by atoms with Crippen LogP contribution in [-0.4, -0.2) is 32.8 Å². The number of hydrogen-bond donors (Lipinski definition) is 2. The maximum atomic E-state index is 12.9. The summed E-state index contributed by atoms with van der Waals surface area (Å²) < 4.78 is 40.2. The highest BCUT2D eigenvalue weighted by atomic mass is 32.1. The van der Waals surface area contributed by atoms with Gasteiger partial charge in [0.25, 0.3) is 0 Å². The van der Waals surface area contributed by atoms with Crippen LogP contribution in [0.5, 0.6) is 5.88 Å². The van der Waals surface area contributed by atoms with E-state index >= 15 is 0 Å². The quantitative estimate of drug-likeness (QED) is 0.712. The van der Waals surface area contributed by atoms with Gasteiger partial charge >= 0.3 is 6.18 Å². The van der Waals surface area contributed by atoms with E-state index in [0.717, 1.165) is 43.6 Å². The van der Waals surface area contributed by atoms with Crippen molar-refractivity contribution in [2.75, 3.05) is 13.1 Å². The van der Waals surface area contributed by atoms with Crippen molar-refractivity contribution in [3.8, 4) is 5.88 Å². The van der Waals surface area contributed by atoms with E-state index in [0.29, 0.717) is 22.1 Å². The Hall–Kier alpha value is -2.13. The summed E-state index contributed by atoms with van der Waals surface area (Å²) in [5, 5.41) is 15.1. The normalized spacial score (nSPS) is 17.0. The number of nitrogens with zero attached hydrogens (tertiary/aromatic N) is 3. The van der Waals surface area contributed by atoms with Crippen molar-refractivity contribution in [3.63, 3.8) is 0 Å². The average molecular weight is 397 g/mol. The Labute approximate surface area is 158 Å². The van der Waals surface area contributed by atoms with E-state index < -0.39 is 11.7 Å². The Morgan fingerprint density at radius 3 is 2.44 bits per heavy atom. The molecule has 9 heteroatoms. The van der Waals surface area contributed by atoms with Gasteiger partial charge in [0.2, 0.25) is 10.8 Å². The van der Waals surface area contributed by atoms with Crippen LogP contribution in [0.3, 0.4) is 0 Å². The topological polar surface area (TPSA) is 54.9 Å².